The van der Waals surface area contributed by atoms with Crippen LogP contribution in [0.4, 0.5) is 0 Å². The first-order chi connectivity index (χ1) is 2.64. The fourth-order valence-corrected chi connectivity index (χ4v) is 0. The zero-order chi connectivity index (χ0) is 5.15. The van der Waals surface area contributed by atoms with Gasteiger partial charge in [-0.05, 0) is 0 Å². The van der Waals surface area contributed by atoms with Crippen molar-refractivity contribution in [3.8, 4) is 0 Å². The standard InChI is InChI=1S/C2H2O4.Cr/c3-1(4)2(5)6;/h(H,3,4)(H,5,6);/q;+3/p-2. The summed E-state index contributed by atoms with van der Waals surface area (Å²) in [6.45, 7) is 0. The van der Waals surface area contributed by atoms with Crippen molar-refractivity contribution in [2.75, 3.05) is 0 Å². The van der Waals surface area contributed by atoms with Crippen LogP contribution in [0.3, 0.4) is 0 Å². The summed E-state index contributed by atoms with van der Waals surface area (Å²) in [5, 5.41) is 17.9. The van der Waals surface area contributed by atoms with Crippen molar-refractivity contribution >= 4 is 11.9 Å². The van der Waals surface area contributed by atoms with Gasteiger partial charge in [-0.25, -0.2) is 0 Å². The van der Waals surface area contributed by atoms with Crippen LogP contribution in [0, 0.1) is 0 Å². The third-order valence-corrected chi connectivity index (χ3v) is 0.167. The Labute approximate surface area is 49.9 Å². The van der Waals surface area contributed by atoms with Crippen LogP contribution in [-0.2, 0) is 27.0 Å². The Morgan fingerprint density at radius 3 is 1.14 bits per heavy atom. The second-order valence-electron chi connectivity index (χ2n) is 0.575. The van der Waals surface area contributed by atoms with Crippen LogP contribution in [0.5, 0.6) is 0 Å². The largest absolute Gasteiger partial charge is 3.00 e. The molecule has 0 aromatic rings. The molecule has 0 heterocycles. The number of carbonyl (C=O) groups excluding carboxylic acids is 2. The van der Waals surface area contributed by atoms with Crippen LogP contribution < -0.4 is 10.2 Å². The van der Waals surface area contributed by atoms with E-state index < -0.39 is 11.9 Å². The molecule has 0 spiro atoms. The Balaban J connectivity index is 0. The molecule has 37 valence electrons. The monoisotopic (exact) mass is 140 g/mol. The Bertz CT molecular complexity index is 75.7. The van der Waals surface area contributed by atoms with Gasteiger partial charge in [-0.2, -0.15) is 0 Å². The van der Waals surface area contributed by atoms with Crippen LogP contribution in [0.1, 0.15) is 0 Å². The zero-order valence-corrected chi connectivity index (χ0v) is 4.32. The second-order valence-corrected chi connectivity index (χ2v) is 0.575. The third-order valence-electron chi connectivity index (χ3n) is 0.167. The first-order valence-electron chi connectivity index (χ1n) is 1.07. The van der Waals surface area contributed by atoms with Gasteiger partial charge in [0.2, 0.25) is 0 Å². The summed E-state index contributed by atoms with van der Waals surface area (Å²) in [5.41, 5.74) is 0. The van der Waals surface area contributed by atoms with Gasteiger partial charge in [-0.15, -0.1) is 0 Å². The van der Waals surface area contributed by atoms with Crippen LogP contribution in [0.25, 0.3) is 0 Å². The smallest absolute Gasteiger partial charge is 0.543 e. The van der Waals surface area contributed by atoms with Crippen molar-refractivity contribution in [3.05, 3.63) is 0 Å². The normalized spacial score (nSPS) is 6.29. The fourth-order valence-electron chi connectivity index (χ4n) is 0. The average Bonchev–Trinajstić information content (AvgIpc) is 1.36. The van der Waals surface area contributed by atoms with Crippen molar-refractivity contribution in [2.45, 2.75) is 0 Å². The summed E-state index contributed by atoms with van der Waals surface area (Å²) < 4.78 is 0. The minimum Gasteiger partial charge on any atom is -0.543 e. The summed E-state index contributed by atoms with van der Waals surface area (Å²) in [6, 6.07) is 0. The predicted octanol–water partition coefficient (Wildman–Crippen LogP) is -3.52. The Morgan fingerprint density at radius 2 is 1.14 bits per heavy atom. The van der Waals surface area contributed by atoms with Gasteiger partial charge in [-0.1, -0.05) is 0 Å². The van der Waals surface area contributed by atoms with Crippen LogP contribution in [0.2, 0.25) is 0 Å². The van der Waals surface area contributed by atoms with E-state index in [1.54, 1.807) is 0 Å². The number of carbonyl (C=O) groups is 2. The van der Waals surface area contributed by atoms with Crippen molar-refractivity contribution in [2.24, 2.45) is 0 Å². The molecule has 0 bridgehead atoms. The van der Waals surface area contributed by atoms with Crippen molar-refractivity contribution in [1.82, 2.24) is 0 Å². The molecule has 0 N–H and O–H groups in total. The molecule has 4 nitrogen and oxygen atoms in total. The maximum absolute atomic E-state index is 8.93. The van der Waals surface area contributed by atoms with Crippen molar-refractivity contribution in [3.63, 3.8) is 0 Å². The summed E-state index contributed by atoms with van der Waals surface area (Å²) in [7, 11) is 0. The Hall–Kier alpha value is -0.528. The molecule has 0 aromatic carbocycles. The van der Waals surface area contributed by atoms with Crippen LogP contribution in [0.15, 0.2) is 0 Å². The molecule has 0 unspecified atom stereocenters. The van der Waals surface area contributed by atoms with E-state index in [9.17, 15) is 0 Å². The van der Waals surface area contributed by atoms with Gasteiger partial charge in [-0.3, -0.25) is 0 Å². The molecule has 0 aromatic heterocycles. The second kappa shape index (κ2) is 3.66. The maximum Gasteiger partial charge on any atom is 3.00 e. The van der Waals surface area contributed by atoms with E-state index in [0.717, 1.165) is 0 Å². The molecule has 0 saturated carbocycles. The Kier molecular flexibility index (Phi) is 5.06. The molecule has 5 heteroatoms. The molecular weight excluding hydrogens is 140 g/mol. The molecule has 0 aliphatic rings. The van der Waals surface area contributed by atoms with Gasteiger partial charge in [0.15, 0.2) is 0 Å². The number of aliphatic carboxylic acids is 2. The van der Waals surface area contributed by atoms with Gasteiger partial charge in [0, 0.05) is 0 Å². The molecule has 0 saturated heterocycles. The maximum atomic E-state index is 8.93. The van der Waals surface area contributed by atoms with Gasteiger partial charge in [0.25, 0.3) is 0 Å². The summed E-state index contributed by atoms with van der Waals surface area (Å²) in [4.78, 5) is 17.9. The van der Waals surface area contributed by atoms with Crippen molar-refractivity contribution in [1.29, 1.82) is 0 Å². The van der Waals surface area contributed by atoms with E-state index in [4.69, 9.17) is 19.8 Å². The molecular formula is C2CrO4+. The van der Waals surface area contributed by atoms with E-state index in [1.165, 1.54) is 0 Å². The molecule has 0 rings (SSSR count). The molecule has 0 atom stereocenters. The third kappa shape index (κ3) is 5.47. The quantitative estimate of drug-likeness (QED) is 0.327. The van der Waals surface area contributed by atoms with Gasteiger partial charge < -0.3 is 19.8 Å². The van der Waals surface area contributed by atoms with E-state index in [1.807, 2.05) is 0 Å². The van der Waals surface area contributed by atoms with E-state index in [0.29, 0.717) is 0 Å². The van der Waals surface area contributed by atoms with E-state index >= 15 is 0 Å². The number of carboxylic acid groups (broad SMARTS) is 2. The summed E-state index contributed by atoms with van der Waals surface area (Å²) in [6.07, 6.45) is 0. The number of hydrogen-bond donors (Lipinski definition) is 0. The number of rotatable bonds is 0. The molecule has 0 fully saturated rings. The fraction of sp³-hybridized carbons (Fsp3) is 0. The predicted molar refractivity (Wildman–Crippen MR) is 10.0 cm³/mol. The molecule has 0 amide bonds. The van der Waals surface area contributed by atoms with Gasteiger partial charge >= 0.3 is 17.4 Å². The number of carboxylic acids is 2. The summed E-state index contributed by atoms with van der Waals surface area (Å²) >= 11 is 0. The SMILES string of the molecule is O=C([O-])C(=O)[O-].[Cr+3]. The van der Waals surface area contributed by atoms with E-state index in [-0.39, 0.29) is 17.4 Å². The van der Waals surface area contributed by atoms with Crippen LogP contribution in [-0.4, -0.2) is 11.9 Å². The van der Waals surface area contributed by atoms with Gasteiger partial charge in [0.1, 0.15) is 0 Å². The topological polar surface area (TPSA) is 80.3 Å². The first kappa shape index (κ1) is 9.69. The van der Waals surface area contributed by atoms with Gasteiger partial charge in [0.05, 0.1) is 11.9 Å². The Morgan fingerprint density at radius 1 is 1.00 bits per heavy atom. The number of hydrogen-bond acceptors (Lipinski definition) is 4. The van der Waals surface area contributed by atoms with Crippen molar-refractivity contribution < 1.29 is 37.2 Å². The molecule has 0 aliphatic carbocycles. The molecule has 7 heavy (non-hydrogen) atoms. The molecule has 0 aliphatic heterocycles. The average molecular weight is 140 g/mol. The van der Waals surface area contributed by atoms with Crippen LogP contribution >= 0.6 is 0 Å². The summed E-state index contributed by atoms with van der Waals surface area (Å²) in [5.74, 6) is -4.37. The first-order valence-corrected chi connectivity index (χ1v) is 1.07. The zero-order valence-electron chi connectivity index (χ0n) is 3.04. The molecule has 1 radical (unpaired) electrons. The minimum absolute atomic E-state index is 0. The van der Waals surface area contributed by atoms with E-state index in [2.05, 4.69) is 0 Å². The minimum atomic E-state index is -2.19.